The van der Waals surface area contributed by atoms with E-state index in [2.05, 4.69) is 14.4 Å². The van der Waals surface area contributed by atoms with Gasteiger partial charge in [-0.3, -0.25) is 0 Å². The Hall–Kier alpha value is -2.39. The molecule has 10 heteroatoms. The minimum atomic E-state index is -4.06. The Morgan fingerprint density at radius 3 is 2.74 bits per heavy atom. The number of aromatic nitrogens is 3. The predicted molar refractivity (Wildman–Crippen MR) is 80.7 cm³/mol. The molecule has 0 saturated heterocycles. The van der Waals surface area contributed by atoms with E-state index in [0.717, 1.165) is 0 Å². The summed E-state index contributed by atoms with van der Waals surface area (Å²) in [6, 6.07) is 7.59. The quantitative estimate of drug-likeness (QED) is 0.708. The minimum Gasteiger partial charge on any atom is -0.481 e. The smallest absolute Gasteiger partial charge is 0.358 e. The van der Waals surface area contributed by atoms with Crippen molar-refractivity contribution in [1.29, 1.82) is 0 Å². The molecule has 0 aliphatic rings. The molecule has 3 aromatic rings. The standard InChI is InChI=1S/C13H11ClN4O4S/c1-8-7-11(21-2)15-12-16-13(22-18(8)12)17-23(19,20)10-6-4-3-5-9(10)14/h3-7H,1-2H3. The number of aryl methyl sites for hydroxylation is 1. The summed E-state index contributed by atoms with van der Waals surface area (Å²) in [4.78, 5) is 7.86. The first-order valence-corrected chi connectivity index (χ1v) is 8.20. The Morgan fingerprint density at radius 2 is 2.04 bits per heavy atom. The molecule has 0 amide bonds. The number of hydrogen-bond acceptors (Lipinski definition) is 6. The maximum atomic E-state index is 12.3. The number of halogens is 1. The summed E-state index contributed by atoms with van der Waals surface area (Å²) in [6.45, 7) is 1.73. The summed E-state index contributed by atoms with van der Waals surface area (Å²) in [5, 5.41) is 0.0657. The highest BCUT2D eigenvalue weighted by molar-refractivity contribution is 7.90. The normalized spacial score (nSPS) is 12.7. The molecular formula is C13H11ClN4O4S. The van der Waals surface area contributed by atoms with Crippen LogP contribution >= 0.6 is 11.6 Å². The summed E-state index contributed by atoms with van der Waals surface area (Å²) in [5.74, 6) is 0.464. The summed E-state index contributed by atoms with van der Waals surface area (Å²) >= 11 is 5.89. The minimum absolute atomic E-state index is 0.0657. The van der Waals surface area contributed by atoms with Gasteiger partial charge in [-0.1, -0.05) is 23.7 Å². The van der Waals surface area contributed by atoms with Gasteiger partial charge in [0.2, 0.25) is 5.88 Å². The van der Waals surface area contributed by atoms with Crippen molar-refractivity contribution in [3.63, 3.8) is 0 Å². The van der Waals surface area contributed by atoms with Crippen LogP contribution in [0, 0.1) is 6.92 Å². The molecule has 0 fully saturated rings. The van der Waals surface area contributed by atoms with Crippen molar-refractivity contribution in [3.8, 4) is 5.88 Å². The molecule has 0 aliphatic heterocycles. The number of nitrogens with zero attached hydrogens (tertiary/aromatic N) is 4. The van der Waals surface area contributed by atoms with Gasteiger partial charge in [-0.05, 0) is 19.1 Å². The predicted octanol–water partition coefficient (Wildman–Crippen LogP) is 1.58. The summed E-state index contributed by atoms with van der Waals surface area (Å²) < 4.78 is 39.7. The van der Waals surface area contributed by atoms with E-state index < -0.39 is 10.0 Å². The third-order valence-corrected chi connectivity index (χ3v) is 4.69. The first-order chi connectivity index (χ1) is 10.9. The Bertz CT molecular complexity index is 1060. The number of fused-ring (bicyclic) bond motifs is 1. The van der Waals surface area contributed by atoms with Gasteiger partial charge < -0.3 is 9.26 Å². The van der Waals surface area contributed by atoms with Crippen molar-refractivity contribution in [2.75, 3.05) is 7.11 Å². The Kier molecular flexibility index (Phi) is 3.82. The average molecular weight is 355 g/mol. The van der Waals surface area contributed by atoms with Gasteiger partial charge in [0.25, 0.3) is 15.8 Å². The zero-order valence-corrected chi connectivity index (χ0v) is 13.7. The SMILES string of the molecule is COc1cc(C)n2oc(=NS(=O)(=O)c3ccccc3Cl)nc2n1. The van der Waals surface area contributed by atoms with E-state index in [9.17, 15) is 8.42 Å². The van der Waals surface area contributed by atoms with E-state index in [-0.39, 0.29) is 21.4 Å². The fraction of sp³-hybridized carbons (Fsp3) is 0.154. The largest absolute Gasteiger partial charge is 0.481 e. The topological polar surface area (TPSA) is 99.1 Å². The zero-order chi connectivity index (χ0) is 16.6. The third-order valence-electron chi connectivity index (χ3n) is 2.94. The lowest BCUT2D eigenvalue weighted by Crippen LogP contribution is -2.08. The van der Waals surface area contributed by atoms with Crippen molar-refractivity contribution >= 4 is 27.4 Å². The lowest BCUT2D eigenvalue weighted by Gasteiger charge is -2.00. The highest BCUT2D eigenvalue weighted by Crippen LogP contribution is 2.21. The van der Waals surface area contributed by atoms with Crippen molar-refractivity contribution in [2.24, 2.45) is 4.40 Å². The van der Waals surface area contributed by atoms with E-state index in [0.29, 0.717) is 11.6 Å². The molecule has 0 atom stereocenters. The lowest BCUT2D eigenvalue weighted by atomic mass is 10.4. The van der Waals surface area contributed by atoms with Crippen molar-refractivity contribution in [2.45, 2.75) is 11.8 Å². The number of sulfonamides is 1. The molecule has 8 nitrogen and oxygen atoms in total. The number of ether oxygens (including phenoxy) is 1. The van der Waals surface area contributed by atoms with Gasteiger partial charge in [-0.2, -0.15) is 18.4 Å². The molecule has 0 saturated carbocycles. The first-order valence-electron chi connectivity index (χ1n) is 6.38. The van der Waals surface area contributed by atoms with Crippen LogP contribution < -0.4 is 10.4 Å². The van der Waals surface area contributed by atoms with Crippen LogP contribution in [0.5, 0.6) is 5.88 Å². The molecule has 120 valence electrons. The van der Waals surface area contributed by atoms with Gasteiger partial charge in [0.05, 0.1) is 17.8 Å². The van der Waals surface area contributed by atoms with Crippen LogP contribution in [0.1, 0.15) is 5.69 Å². The van der Waals surface area contributed by atoms with Gasteiger partial charge in [0, 0.05) is 6.07 Å². The molecule has 0 spiro atoms. The Balaban J connectivity index is 2.18. The van der Waals surface area contributed by atoms with Gasteiger partial charge in [0.15, 0.2) is 0 Å². The van der Waals surface area contributed by atoms with Crippen LogP contribution in [0.3, 0.4) is 0 Å². The summed E-state index contributed by atoms with van der Waals surface area (Å²) in [6.07, 6.45) is 0. The molecule has 2 heterocycles. The molecule has 1 aromatic carbocycles. The second kappa shape index (κ2) is 5.67. The molecule has 0 radical (unpaired) electrons. The highest BCUT2D eigenvalue weighted by atomic mass is 35.5. The van der Waals surface area contributed by atoms with E-state index in [1.165, 1.54) is 23.8 Å². The Morgan fingerprint density at radius 1 is 1.30 bits per heavy atom. The molecule has 2 aromatic heterocycles. The van der Waals surface area contributed by atoms with Gasteiger partial charge >= 0.3 is 5.68 Å². The maximum absolute atomic E-state index is 12.3. The summed E-state index contributed by atoms with van der Waals surface area (Å²) in [5.41, 5.74) is 0.268. The number of methoxy groups -OCH3 is 1. The van der Waals surface area contributed by atoms with Gasteiger partial charge in [-0.25, -0.2) is 0 Å². The van der Waals surface area contributed by atoms with Crippen molar-refractivity contribution < 1.29 is 17.7 Å². The van der Waals surface area contributed by atoms with Crippen LogP contribution in [0.2, 0.25) is 5.02 Å². The molecule has 0 bridgehead atoms. The second-order valence-electron chi connectivity index (χ2n) is 4.52. The van der Waals surface area contributed by atoms with E-state index >= 15 is 0 Å². The Labute approximate surface area is 136 Å². The fourth-order valence-corrected chi connectivity index (χ4v) is 3.26. The number of rotatable bonds is 3. The molecule has 0 aliphatic carbocycles. The lowest BCUT2D eigenvalue weighted by molar-refractivity contribution is 0.325. The van der Waals surface area contributed by atoms with E-state index in [1.807, 2.05) is 0 Å². The number of benzene rings is 1. The molecule has 23 heavy (non-hydrogen) atoms. The monoisotopic (exact) mass is 354 g/mol. The van der Waals surface area contributed by atoms with Crippen molar-refractivity contribution in [3.05, 3.63) is 46.7 Å². The fourth-order valence-electron chi connectivity index (χ4n) is 1.89. The van der Waals surface area contributed by atoms with Crippen molar-refractivity contribution in [1.82, 2.24) is 14.5 Å². The van der Waals surface area contributed by atoms with Crippen LogP contribution in [0.25, 0.3) is 5.78 Å². The summed E-state index contributed by atoms with van der Waals surface area (Å²) in [7, 11) is -2.59. The molecular weight excluding hydrogens is 344 g/mol. The van der Waals surface area contributed by atoms with Gasteiger partial charge in [-0.15, -0.1) is 8.97 Å². The first kappa shape index (κ1) is 15.5. The molecule has 0 N–H and O–H groups in total. The number of hydrogen-bond donors (Lipinski definition) is 0. The molecule has 3 rings (SSSR count). The molecule has 0 unspecified atom stereocenters. The van der Waals surface area contributed by atoms with Gasteiger partial charge in [0.1, 0.15) is 4.90 Å². The van der Waals surface area contributed by atoms with Crippen LogP contribution in [-0.4, -0.2) is 30.1 Å². The second-order valence-corrected chi connectivity index (χ2v) is 6.50. The highest BCUT2D eigenvalue weighted by Gasteiger charge is 2.18. The van der Waals surface area contributed by atoms with Crippen LogP contribution in [0.15, 0.2) is 44.1 Å². The van der Waals surface area contributed by atoms with Crippen LogP contribution in [-0.2, 0) is 10.0 Å². The maximum Gasteiger partial charge on any atom is 0.358 e. The van der Waals surface area contributed by atoms with E-state index in [1.54, 1.807) is 25.1 Å². The third kappa shape index (κ3) is 2.92. The zero-order valence-electron chi connectivity index (χ0n) is 12.1. The average Bonchev–Trinajstić information content (AvgIpc) is 2.89. The van der Waals surface area contributed by atoms with E-state index in [4.69, 9.17) is 20.9 Å². The van der Waals surface area contributed by atoms with Crippen LogP contribution in [0.4, 0.5) is 0 Å².